The van der Waals surface area contributed by atoms with Crippen LogP contribution in [0, 0.1) is 17.8 Å². The number of esters is 2. The standard InChI is InChI=1S/C13H16O4/c1-3-10(14)17-13(4-2)7-5-8-9(6-7)12(15)16-11(8)13/h3,7-9,11H,1,4-6H2,2H3. The summed E-state index contributed by atoms with van der Waals surface area (Å²) >= 11 is 0. The topological polar surface area (TPSA) is 52.6 Å². The van der Waals surface area contributed by atoms with Gasteiger partial charge in [0.25, 0.3) is 0 Å². The largest absolute Gasteiger partial charge is 0.458 e. The molecule has 3 fully saturated rings. The van der Waals surface area contributed by atoms with E-state index in [0.29, 0.717) is 6.42 Å². The zero-order valence-corrected chi connectivity index (χ0v) is 9.85. The maximum Gasteiger partial charge on any atom is 0.330 e. The Morgan fingerprint density at radius 3 is 3.06 bits per heavy atom. The van der Waals surface area contributed by atoms with Crippen molar-refractivity contribution in [1.82, 2.24) is 0 Å². The number of fused-ring (bicyclic) bond motifs is 1. The summed E-state index contributed by atoms with van der Waals surface area (Å²) in [6.45, 7) is 5.41. The number of carbonyl (C=O) groups excluding carboxylic acids is 2. The summed E-state index contributed by atoms with van der Waals surface area (Å²) in [6, 6.07) is 0. The SMILES string of the molecule is C=CC(=O)OC1(CC)C2CC3C(=O)OC1C3C2. The van der Waals surface area contributed by atoms with Gasteiger partial charge in [-0.2, -0.15) is 0 Å². The zero-order chi connectivity index (χ0) is 12.2. The van der Waals surface area contributed by atoms with Crippen molar-refractivity contribution in [3.63, 3.8) is 0 Å². The second-order valence-corrected chi connectivity index (χ2v) is 5.23. The molecule has 1 heterocycles. The van der Waals surface area contributed by atoms with Gasteiger partial charge in [-0.1, -0.05) is 13.5 Å². The third-order valence-electron chi connectivity index (χ3n) is 4.73. The van der Waals surface area contributed by atoms with Gasteiger partial charge in [0.05, 0.1) is 5.92 Å². The molecule has 4 heteroatoms. The highest BCUT2D eigenvalue weighted by atomic mass is 16.6. The van der Waals surface area contributed by atoms with Crippen LogP contribution >= 0.6 is 0 Å². The van der Waals surface area contributed by atoms with Gasteiger partial charge in [-0.3, -0.25) is 4.79 Å². The normalized spacial score (nSPS) is 45.8. The Labute approximate surface area is 100.0 Å². The lowest BCUT2D eigenvalue weighted by Gasteiger charge is -2.38. The Morgan fingerprint density at radius 2 is 2.41 bits per heavy atom. The van der Waals surface area contributed by atoms with Gasteiger partial charge in [-0.05, 0) is 19.3 Å². The predicted octanol–water partition coefficient (Wildman–Crippen LogP) is 1.45. The molecule has 1 aliphatic heterocycles. The second kappa shape index (κ2) is 3.34. The molecule has 2 aliphatic carbocycles. The molecule has 2 saturated carbocycles. The fourth-order valence-electron chi connectivity index (χ4n) is 4.00. The van der Waals surface area contributed by atoms with E-state index >= 15 is 0 Å². The molecule has 0 amide bonds. The molecule has 17 heavy (non-hydrogen) atoms. The van der Waals surface area contributed by atoms with Crippen molar-refractivity contribution in [3.8, 4) is 0 Å². The van der Waals surface area contributed by atoms with Gasteiger partial charge in [0.2, 0.25) is 0 Å². The average molecular weight is 236 g/mol. The summed E-state index contributed by atoms with van der Waals surface area (Å²) in [6.07, 6.45) is 3.39. The van der Waals surface area contributed by atoms with Crippen molar-refractivity contribution in [3.05, 3.63) is 12.7 Å². The smallest absolute Gasteiger partial charge is 0.330 e. The van der Waals surface area contributed by atoms with E-state index in [1.54, 1.807) is 0 Å². The highest BCUT2D eigenvalue weighted by Gasteiger charge is 2.70. The number of ether oxygens (including phenoxy) is 2. The molecule has 3 rings (SSSR count). The number of hydrogen-bond donors (Lipinski definition) is 0. The molecular weight excluding hydrogens is 220 g/mol. The summed E-state index contributed by atoms with van der Waals surface area (Å²) in [4.78, 5) is 23.2. The minimum absolute atomic E-state index is 0.0482. The van der Waals surface area contributed by atoms with Gasteiger partial charge in [-0.25, -0.2) is 4.79 Å². The van der Waals surface area contributed by atoms with E-state index in [2.05, 4.69) is 6.58 Å². The zero-order valence-electron chi connectivity index (χ0n) is 9.85. The van der Waals surface area contributed by atoms with Crippen LogP contribution < -0.4 is 0 Å². The molecule has 1 saturated heterocycles. The first-order chi connectivity index (χ1) is 8.12. The molecule has 2 bridgehead atoms. The third-order valence-corrected chi connectivity index (χ3v) is 4.73. The Kier molecular flexibility index (Phi) is 2.12. The van der Waals surface area contributed by atoms with Crippen LogP contribution in [0.1, 0.15) is 26.2 Å². The van der Waals surface area contributed by atoms with E-state index in [-0.39, 0.29) is 29.8 Å². The molecule has 0 N–H and O–H groups in total. The Balaban J connectivity index is 1.94. The summed E-state index contributed by atoms with van der Waals surface area (Å²) in [7, 11) is 0. The minimum atomic E-state index is -0.599. The van der Waals surface area contributed by atoms with Crippen LogP contribution in [0.2, 0.25) is 0 Å². The van der Waals surface area contributed by atoms with Crippen LogP contribution in [0.4, 0.5) is 0 Å². The van der Waals surface area contributed by atoms with E-state index < -0.39 is 11.6 Å². The molecule has 92 valence electrons. The van der Waals surface area contributed by atoms with Gasteiger partial charge >= 0.3 is 11.9 Å². The molecule has 0 spiro atoms. The van der Waals surface area contributed by atoms with E-state index in [0.717, 1.165) is 12.8 Å². The van der Waals surface area contributed by atoms with Gasteiger partial charge in [0, 0.05) is 17.9 Å². The minimum Gasteiger partial charge on any atom is -0.458 e. The van der Waals surface area contributed by atoms with E-state index in [1.165, 1.54) is 6.08 Å². The lowest BCUT2D eigenvalue weighted by Crippen LogP contribution is -2.49. The quantitative estimate of drug-likeness (QED) is 0.549. The first-order valence-corrected chi connectivity index (χ1v) is 6.18. The van der Waals surface area contributed by atoms with E-state index in [9.17, 15) is 9.59 Å². The highest BCUT2D eigenvalue weighted by Crippen LogP contribution is 2.61. The van der Waals surface area contributed by atoms with Crippen LogP contribution in [0.25, 0.3) is 0 Å². The molecule has 3 aliphatic rings. The Morgan fingerprint density at radius 1 is 1.65 bits per heavy atom. The maximum absolute atomic E-state index is 11.7. The molecule has 0 aromatic heterocycles. The number of carbonyl (C=O) groups is 2. The summed E-state index contributed by atoms with van der Waals surface area (Å²) in [5, 5.41) is 0. The van der Waals surface area contributed by atoms with Crippen LogP contribution in [0.3, 0.4) is 0 Å². The molecule has 4 nitrogen and oxygen atoms in total. The molecule has 0 aromatic carbocycles. The number of hydrogen-bond acceptors (Lipinski definition) is 4. The summed E-state index contributed by atoms with van der Waals surface area (Å²) in [5.74, 6) is 0.0476. The van der Waals surface area contributed by atoms with Gasteiger partial charge in [-0.15, -0.1) is 0 Å². The highest BCUT2D eigenvalue weighted by molar-refractivity contribution is 5.82. The maximum atomic E-state index is 11.7. The monoisotopic (exact) mass is 236 g/mol. The van der Waals surface area contributed by atoms with Crippen LogP contribution in [-0.2, 0) is 19.1 Å². The van der Waals surface area contributed by atoms with Crippen molar-refractivity contribution < 1.29 is 19.1 Å². The molecule has 5 unspecified atom stereocenters. The lowest BCUT2D eigenvalue weighted by atomic mass is 9.77. The van der Waals surface area contributed by atoms with Crippen LogP contribution in [0.15, 0.2) is 12.7 Å². The molecular formula is C13H16O4. The first kappa shape index (κ1) is 10.8. The fraction of sp³-hybridized carbons (Fsp3) is 0.692. The first-order valence-electron chi connectivity index (χ1n) is 6.18. The Bertz CT molecular complexity index is 402. The summed E-state index contributed by atoms with van der Waals surface area (Å²) in [5.41, 5.74) is -0.599. The summed E-state index contributed by atoms with van der Waals surface area (Å²) < 4.78 is 11.0. The number of rotatable bonds is 3. The lowest BCUT2D eigenvalue weighted by molar-refractivity contribution is -0.178. The van der Waals surface area contributed by atoms with E-state index in [4.69, 9.17) is 9.47 Å². The third kappa shape index (κ3) is 1.18. The van der Waals surface area contributed by atoms with Crippen molar-refractivity contribution in [2.45, 2.75) is 37.9 Å². The van der Waals surface area contributed by atoms with Crippen LogP contribution in [0.5, 0.6) is 0 Å². The molecule has 0 aromatic rings. The molecule has 0 radical (unpaired) electrons. The van der Waals surface area contributed by atoms with Crippen molar-refractivity contribution in [2.24, 2.45) is 17.8 Å². The average Bonchev–Trinajstić information content (AvgIpc) is 2.93. The van der Waals surface area contributed by atoms with Crippen molar-refractivity contribution in [2.75, 3.05) is 0 Å². The van der Waals surface area contributed by atoms with Gasteiger partial charge in [0.15, 0.2) is 5.60 Å². The van der Waals surface area contributed by atoms with Crippen LogP contribution in [-0.4, -0.2) is 23.6 Å². The van der Waals surface area contributed by atoms with Crippen molar-refractivity contribution in [1.29, 1.82) is 0 Å². The second-order valence-electron chi connectivity index (χ2n) is 5.23. The van der Waals surface area contributed by atoms with E-state index in [1.807, 2.05) is 6.92 Å². The molecule has 5 atom stereocenters. The Hall–Kier alpha value is -1.32. The van der Waals surface area contributed by atoms with Gasteiger partial charge < -0.3 is 9.47 Å². The fourth-order valence-corrected chi connectivity index (χ4v) is 4.00. The van der Waals surface area contributed by atoms with Crippen molar-refractivity contribution >= 4 is 11.9 Å². The van der Waals surface area contributed by atoms with Gasteiger partial charge in [0.1, 0.15) is 6.10 Å². The predicted molar refractivity (Wildman–Crippen MR) is 58.9 cm³/mol.